The van der Waals surface area contributed by atoms with Gasteiger partial charge in [-0.2, -0.15) is 0 Å². The van der Waals surface area contributed by atoms with E-state index in [1.54, 1.807) is 0 Å². The van der Waals surface area contributed by atoms with Crippen molar-refractivity contribution in [2.45, 2.75) is 26.9 Å². The van der Waals surface area contributed by atoms with E-state index in [1.165, 1.54) is 18.1 Å². The number of methoxy groups -OCH3 is 1. The van der Waals surface area contributed by atoms with Crippen LogP contribution in [0, 0.1) is 5.41 Å². The number of rotatable bonds is 5. The molecule has 1 aromatic carbocycles. The molecule has 0 aliphatic carbocycles. The van der Waals surface area contributed by atoms with Crippen LogP contribution in [-0.2, 0) is 22.6 Å². The summed E-state index contributed by atoms with van der Waals surface area (Å²) in [5, 5.41) is 4.40. The smallest absolute Gasteiger partial charge is 0.313 e. The molecule has 20 heavy (non-hydrogen) atoms. The number of hydrogen-bond acceptors (Lipinski definition) is 3. The van der Waals surface area contributed by atoms with E-state index in [1.807, 2.05) is 27.1 Å². The van der Waals surface area contributed by atoms with Gasteiger partial charge in [-0.3, -0.25) is 4.79 Å². The summed E-state index contributed by atoms with van der Waals surface area (Å²) >= 11 is 0. The molecule has 2 rings (SSSR count). The van der Waals surface area contributed by atoms with Gasteiger partial charge in [0.05, 0.1) is 12.5 Å². The van der Waals surface area contributed by atoms with Crippen molar-refractivity contribution in [2.24, 2.45) is 5.41 Å². The Hall–Kier alpha value is -1.81. The van der Waals surface area contributed by atoms with Crippen LogP contribution in [0.25, 0.3) is 10.9 Å². The fourth-order valence-electron chi connectivity index (χ4n) is 2.54. The van der Waals surface area contributed by atoms with Crippen LogP contribution < -0.4 is 5.32 Å². The predicted molar refractivity (Wildman–Crippen MR) is 80.5 cm³/mol. The van der Waals surface area contributed by atoms with Crippen LogP contribution in [0.2, 0.25) is 0 Å². The molecule has 4 nitrogen and oxygen atoms in total. The van der Waals surface area contributed by atoms with E-state index in [9.17, 15) is 4.79 Å². The SMILES string of the molecule is CNCc1cccc2c1ccn2CC(C)(C)C(=O)OC. The standard InChI is InChI=1S/C16H22N2O2/c1-16(2,15(19)20-4)11-18-9-8-13-12(10-17-3)6-5-7-14(13)18/h5-9,17H,10-11H2,1-4H3. The zero-order valence-corrected chi connectivity index (χ0v) is 12.6. The molecule has 1 heterocycles. The summed E-state index contributed by atoms with van der Waals surface area (Å²) in [5.74, 6) is -0.189. The molecule has 0 atom stereocenters. The number of ether oxygens (including phenoxy) is 1. The topological polar surface area (TPSA) is 43.3 Å². The van der Waals surface area contributed by atoms with Gasteiger partial charge in [0.1, 0.15) is 0 Å². The average molecular weight is 274 g/mol. The first kappa shape index (κ1) is 14.6. The number of fused-ring (bicyclic) bond motifs is 1. The first-order valence-corrected chi connectivity index (χ1v) is 6.79. The third-order valence-electron chi connectivity index (χ3n) is 3.57. The molecule has 0 fully saturated rings. The Morgan fingerprint density at radius 2 is 2.10 bits per heavy atom. The molecular weight excluding hydrogens is 252 g/mol. The second-order valence-electron chi connectivity index (χ2n) is 5.70. The maximum Gasteiger partial charge on any atom is 0.313 e. The van der Waals surface area contributed by atoms with Gasteiger partial charge in [0.15, 0.2) is 0 Å². The zero-order chi connectivity index (χ0) is 14.8. The summed E-state index contributed by atoms with van der Waals surface area (Å²) in [6.07, 6.45) is 2.04. The number of carbonyl (C=O) groups excluding carboxylic acids is 1. The second kappa shape index (κ2) is 5.67. The highest BCUT2D eigenvalue weighted by Crippen LogP contribution is 2.26. The van der Waals surface area contributed by atoms with Crippen LogP contribution in [0.4, 0.5) is 0 Å². The molecule has 0 radical (unpaired) electrons. The highest BCUT2D eigenvalue weighted by molar-refractivity contribution is 5.84. The van der Waals surface area contributed by atoms with Crippen LogP contribution in [0.5, 0.6) is 0 Å². The number of hydrogen-bond donors (Lipinski definition) is 1. The Bertz CT molecular complexity index is 614. The molecule has 0 spiro atoms. The van der Waals surface area contributed by atoms with E-state index in [0.717, 1.165) is 12.1 Å². The molecule has 4 heteroatoms. The van der Waals surface area contributed by atoms with Crippen molar-refractivity contribution in [3.8, 4) is 0 Å². The van der Waals surface area contributed by atoms with Crippen LogP contribution in [-0.4, -0.2) is 24.7 Å². The van der Waals surface area contributed by atoms with Crippen molar-refractivity contribution < 1.29 is 9.53 Å². The van der Waals surface area contributed by atoms with Gasteiger partial charge in [0.2, 0.25) is 0 Å². The van der Waals surface area contributed by atoms with E-state index in [-0.39, 0.29) is 5.97 Å². The Labute approximate surface area is 119 Å². The summed E-state index contributed by atoms with van der Waals surface area (Å²) in [7, 11) is 3.37. The molecule has 0 saturated heterocycles. The molecule has 1 aromatic heterocycles. The minimum absolute atomic E-state index is 0.189. The zero-order valence-electron chi connectivity index (χ0n) is 12.6. The van der Waals surface area contributed by atoms with Crippen molar-refractivity contribution in [3.63, 3.8) is 0 Å². The molecule has 2 aromatic rings. The lowest BCUT2D eigenvalue weighted by molar-refractivity contribution is -0.151. The Morgan fingerprint density at radius 3 is 2.75 bits per heavy atom. The monoisotopic (exact) mass is 274 g/mol. The number of nitrogens with zero attached hydrogens (tertiary/aromatic N) is 1. The summed E-state index contributed by atoms with van der Waals surface area (Å²) < 4.78 is 6.99. The van der Waals surface area contributed by atoms with Gasteiger partial charge >= 0.3 is 5.97 Å². The van der Waals surface area contributed by atoms with Gasteiger partial charge in [-0.25, -0.2) is 0 Å². The van der Waals surface area contributed by atoms with Crippen LogP contribution in [0.1, 0.15) is 19.4 Å². The maximum absolute atomic E-state index is 11.8. The molecule has 1 N–H and O–H groups in total. The first-order chi connectivity index (χ1) is 9.49. The predicted octanol–water partition coefficient (Wildman–Crippen LogP) is 2.56. The molecule has 0 amide bonds. The van der Waals surface area contributed by atoms with Crippen LogP contribution in [0.3, 0.4) is 0 Å². The number of nitrogens with one attached hydrogen (secondary N) is 1. The fraction of sp³-hybridized carbons (Fsp3) is 0.438. The Balaban J connectivity index is 2.37. The lowest BCUT2D eigenvalue weighted by Crippen LogP contribution is -2.30. The molecule has 0 bridgehead atoms. The van der Waals surface area contributed by atoms with Gasteiger partial charge < -0.3 is 14.6 Å². The second-order valence-corrected chi connectivity index (χ2v) is 5.70. The normalized spacial score (nSPS) is 11.8. The first-order valence-electron chi connectivity index (χ1n) is 6.79. The molecule has 0 aliphatic rings. The summed E-state index contributed by atoms with van der Waals surface area (Å²) in [4.78, 5) is 11.8. The van der Waals surface area contributed by atoms with Crippen molar-refractivity contribution >= 4 is 16.9 Å². The van der Waals surface area contributed by atoms with E-state index in [4.69, 9.17) is 4.74 Å². The quantitative estimate of drug-likeness (QED) is 0.852. The molecule has 0 saturated carbocycles. The highest BCUT2D eigenvalue weighted by Gasteiger charge is 2.29. The van der Waals surface area contributed by atoms with E-state index < -0.39 is 5.41 Å². The third-order valence-corrected chi connectivity index (χ3v) is 3.57. The highest BCUT2D eigenvalue weighted by atomic mass is 16.5. The van der Waals surface area contributed by atoms with Crippen molar-refractivity contribution in [2.75, 3.05) is 14.2 Å². The van der Waals surface area contributed by atoms with Gasteiger partial charge in [-0.05, 0) is 38.6 Å². The van der Waals surface area contributed by atoms with Gasteiger partial charge in [-0.1, -0.05) is 12.1 Å². The lowest BCUT2D eigenvalue weighted by atomic mass is 9.93. The van der Waals surface area contributed by atoms with Crippen molar-refractivity contribution in [3.05, 3.63) is 36.0 Å². The molecule has 0 unspecified atom stereocenters. The maximum atomic E-state index is 11.8. The van der Waals surface area contributed by atoms with Gasteiger partial charge in [0, 0.05) is 30.2 Å². The average Bonchev–Trinajstić information content (AvgIpc) is 2.82. The van der Waals surface area contributed by atoms with Gasteiger partial charge in [-0.15, -0.1) is 0 Å². The van der Waals surface area contributed by atoms with E-state index >= 15 is 0 Å². The van der Waals surface area contributed by atoms with E-state index in [2.05, 4.69) is 34.1 Å². The van der Waals surface area contributed by atoms with Crippen molar-refractivity contribution in [1.29, 1.82) is 0 Å². The lowest BCUT2D eigenvalue weighted by Gasteiger charge is -2.22. The Morgan fingerprint density at radius 1 is 1.35 bits per heavy atom. The van der Waals surface area contributed by atoms with Gasteiger partial charge in [0.25, 0.3) is 0 Å². The molecule has 108 valence electrons. The van der Waals surface area contributed by atoms with Crippen LogP contribution in [0.15, 0.2) is 30.5 Å². The number of aromatic nitrogens is 1. The minimum Gasteiger partial charge on any atom is -0.469 e. The largest absolute Gasteiger partial charge is 0.469 e. The summed E-state index contributed by atoms with van der Waals surface area (Å²) in [6, 6.07) is 8.36. The van der Waals surface area contributed by atoms with Crippen LogP contribution >= 0.6 is 0 Å². The summed E-state index contributed by atoms with van der Waals surface area (Å²) in [5.41, 5.74) is 1.87. The number of benzene rings is 1. The molecular formula is C16H22N2O2. The number of carbonyl (C=O) groups is 1. The fourth-order valence-corrected chi connectivity index (χ4v) is 2.54. The number of esters is 1. The third kappa shape index (κ3) is 2.70. The minimum atomic E-state index is -0.542. The van der Waals surface area contributed by atoms with Crippen molar-refractivity contribution in [1.82, 2.24) is 9.88 Å². The Kier molecular flexibility index (Phi) is 4.14. The summed E-state index contributed by atoms with van der Waals surface area (Å²) in [6.45, 7) is 5.25. The molecule has 0 aliphatic heterocycles. The van der Waals surface area contributed by atoms with E-state index in [0.29, 0.717) is 6.54 Å².